The van der Waals surface area contributed by atoms with Gasteiger partial charge in [-0.15, -0.1) is 0 Å². The lowest BCUT2D eigenvalue weighted by Gasteiger charge is -2.08. The van der Waals surface area contributed by atoms with Crippen LogP contribution in [0.15, 0.2) is 109 Å². The van der Waals surface area contributed by atoms with Crippen LogP contribution in [0.25, 0.3) is 22.4 Å². The first-order chi connectivity index (χ1) is 17.5. The van der Waals surface area contributed by atoms with Gasteiger partial charge in [-0.2, -0.15) is 0 Å². The highest BCUT2D eigenvalue weighted by molar-refractivity contribution is 6.30. The molecule has 2 heterocycles. The first kappa shape index (κ1) is 23.1. The van der Waals surface area contributed by atoms with Gasteiger partial charge in [0.25, 0.3) is 0 Å². The molecule has 0 saturated heterocycles. The highest BCUT2D eigenvalue weighted by Crippen LogP contribution is 2.23. The van der Waals surface area contributed by atoms with E-state index in [1.807, 2.05) is 54.6 Å². The highest BCUT2D eigenvalue weighted by atomic mass is 35.5. The molecule has 0 aliphatic carbocycles. The van der Waals surface area contributed by atoms with E-state index in [1.54, 1.807) is 45.8 Å². The van der Waals surface area contributed by atoms with Crippen molar-refractivity contribution < 1.29 is 9.53 Å². The van der Waals surface area contributed by atoms with E-state index in [0.717, 1.165) is 5.56 Å². The number of halogens is 1. The molecule has 1 N–H and O–H groups in total. The lowest BCUT2D eigenvalue weighted by molar-refractivity contribution is -0.111. The van der Waals surface area contributed by atoms with Crippen LogP contribution in [0.1, 0.15) is 5.56 Å². The molecule has 0 unspecified atom stereocenters. The lowest BCUT2D eigenvalue weighted by Crippen LogP contribution is -2.22. The Balaban J connectivity index is 1.49. The number of nitrogens with zero attached hydrogens (tertiary/aromatic N) is 3. The zero-order valence-corrected chi connectivity index (χ0v) is 19.9. The van der Waals surface area contributed by atoms with Gasteiger partial charge >= 0.3 is 5.69 Å². The Bertz CT molecular complexity index is 1620. The predicted octanol–water partition coefficient (Wildman–Crippen LogP) is 5.53. The maximum atomic E-state index is 13.7. The zero-order valence-electron chi connectivity index (χ0n) is 19.1. The SMILES string of the molecule is C=CC(=O)Nc1cccc(-n2c(=O)n(-c3ccc(OCc4ccc(Cl)cc4)cc3)c3cnccc32)c1. The summed E-state index contributed by atoms with van der Waals surface area (Å²) < 4.78 is 9.07. The van der Waals surface area contributed by atoms with Crippen LogP contribution in [-0.2, 0) is 11.4 Å². The van der Waals surface area contributed by atoms with E-state index in [0.29, 0.717) is 45.5 Å². The van der Waals surface area contributed by atoms with Crippen molar-refractivity contribution in [1.82, 2.24) is 14.1 Å². The third-order valence-corrected chi connectivity index (χ3v) is 5.87. The summed E-state index contributed by atoms with van der Waals surface area (Å²) in [6.07, 6.45) is 4.49. The van der Waals surface area contributed by atoms with E-state index in [9.17, 15) is 9.59 Å². The van der Waals surface area contributed by atoms with Crippen molar-refractivity contribution in [2.24, 2.45) is 0 Å². The highest BCUT2D eigenvalue weighted by Gasteiger charge is 2.16. The van der Waals surface area contributed by atoms with Crippen molar-refractivity contribution in [3.63, 3.8) is 0 Å². The largest absolute Gasteiger partial charge is 0.489 e. The molecule has 0 atom stereocenters. The van der Waals surface area contributed by atoms with E-state index in [4.69, 9.17) is 16.3 Å². The molecule has 0 saturated carbocycles. The molecule has 8 heteroatoms. The molecule has 0 aliphatic rings. The summed E-state index contributed by atoms with van der Waals surface area (Å²) in [7, 11) is 0. The molecular formula is C28H21ClN4O3. The van der Waals surface area contributed by atoms with Gasteiger partial charge in [0.2, 0.25) is 5.91 Å². The second-order valence-electron chi connectivity index (χ2n) is 7.97. The maximum Gasteiger partial charge on any atom is 0.338 e. The first-order valence-electron chi connectivity index (χ1n) is 11.1. The number of carbonyl (C=O) groups is 1. The molecule has 178 valence electrons. The average Bonchev–Trinajstić information content (AvgIpc) is 3.20. The van der Waals surface area contributed by atoms with Gasteiger partial charge < -0.3 is 10.1 Å². The molecule has 0 aliphatic heterocycles. The fourth-order valence-electron chi connectivity index (χ4n) is 3.90. The third kappa shape index (κ3) is 4.64. The zero-order chi connectivity index (χ0) is 25.1. The van der Waals surface area contributed by atoms with Crippen LogP contribution in [-0.4, -0.2) is 20.0 Å². The number of imidazole rings is 1. The summed E-state index contributed by atoms with van der Waals surface area (Å²) in [4.78, 5) is 29.6. The van der Waals surface area contributed by atoms with Gasteiger partial charge in [-0.25, -0.2) is 4.79 Å². The van der Waals surface area contributed by atoms with Crippen LogP contribution in [0, 0.1) is 0 Å². The molecule has 7 nitrogen and oxygen atoms in total. The topological polar surface area (TPSA) is 78.2 Å². The van der Waals surface area contributed by atoms with Crippen LogP contribution in [0.4, 0.5) is 5.69 Å². The van der Waals surface area contributed by atoms with Gasteiger partial charge in [0.1, 0.15) is 12.4 Å². The summed E-state index contributed by atoms with van der Waals surface area (Å²) in [5.41, 5.74) is 3.91. The number of benzene rings is 3. The molecule has 36 heavy (non-hydrogen) atoms. The summed E-state index contributed by atoms with van der Waals surface area (Å²) in [6.45, 7) is 3.88. The van der Waals surface area contributed by atoms with Crippen molar-refractivity contribution in [2.45, 2.75) is 6.61 Å². The number of carbonyl (C=O) groups excluding carboxylic acids is 1. The molecule has 0 spiro atoms. The Hall–Kier alpha value is -4.62. The number of amides is 1. The summed E-state index contributed by atoms with van der Waals surface area (Å²) in [5.74, 6) is 0.346. The minimum absolute atomic E-state index is 0.264. The Morgan fingerprint density at radius 3 is 2.47 bits per heavy atom. The molecule has 0 bridgehead atoms. The molecule has 0 radical (unpaired) electrons. The van der Waals surface area contributed by atoms with Gasteiger partial charge in [0.05, 0.1) is 28.6 Å². The first-order valence-corrected chi connectivity index (χ1v) is 11.5. The van der Waals surface area contributed by atoms with Gasteiger partial charge in [-0.3, -0.25) is 18.9 Å². The van der Waals surface area contributed by atoms with Crippen LogP contribution >= 0.6 is 11.6 Å². The fourth-order valence-corrected chi connectivity index (χ4v) is 4.03. The number of rotatable bonds is 7. The third-order valence-electron chi connectivity index (χ3n) is 5.61. The lowest BCUT2D eigenvalue weighted by atomic mass is 10.2. The minimum atomic E-state index is -0.329. The number of fused-ring (bicyclic) bond motifs is 1. The number of anilines is 1. The predicted molar refractivity (Wildman–Crippen MR) is 141 cm³/mol. The monoisotopic (exact) mass is 496 g/mol. The number of hydrogen-bond acceptors (Lipinski definition) is 4. The van der Waals surface area contributed by atoms with E-state index in [2.05, 4.69) is 16.9 Å². The van der Waals surface area contributed by atoms with E-state index >= 15 is 0 Å². The normalized spacial score (nSPS) is 10.8. The Morgan fingerprint density at radius 2 is 1.72 bits per heavy atom. The smallest absolute Gasteiger partial charge is 0.338 e. The van der Waals surface area contributed by atoms with E-state index in [-0.39, 0.29) is 11.6 Å². The van der Waals surface area contributed by atoms with Crippen LogP contribution in [0.5, 0.6) is 5.75 Å². The van der Waals surface area contributed by atoms with Crippen molar-refractivity contribution in [3.8, 4) is 17.1 Å². The summed E-state index contributed by atoms with van der Waals surface area (Å²) in [5, 5.41) is 3.40. The maximum absolute atomic E-state index is 13.7. The van der Waals surface area contributed by atoms with Gasteiger partial charge in [0, 0.05) is 16.9 Å². The number of ether oxygens (including phenoxy) is 1. The second kappa shape index (κ2) is 9.93. The van der Waals surface area contributed by atoms with Crippen molar-refractivity contribution >= 4 is 34.2 Å². The molecular weight excluding hydrogens is 476 g/mol. The van der Waals surface area contributed by atoms with Crippen molar-refractivity contribution in [2.75, 3.05) is 5.32 Å². The van der Waals surface area contributed by atoms with Gasteiger partial charge in [-0.05, 0) is 72.3 Å². The van der Waals surface area contributed by atoms with Crippen LogP contribution in [0.2, 0.25) is 5.02 Å². The number of nitrogens with one attached hydrogen (secondary N) is 1. The van der Waals surface area contributed by atoms with E-state index < -0.39 is 0 Å². The quantitative estimate of drug-likeness (QED) is 0.300. The Labute approximate surface area is 211 Å². The van der Waals surface area contributed by atoms with Crippen LogP contribution < -0.4 is 15.7 Å². The van der Waals surface area contributed by atoms with Crippen molar-refractivity contribution in [1.29, 1.82) is 0 Å². The minimum Gasteiger partial charge on any atom is -0.489 e. The Kier molecular flexibility index (Phi) is 6.38. The van der Waals surface area contributed by atoms with Gasteiger partial charge in [-0.1, -0.05) is 36.4 Å². The molecule has 0 fully saturated rings. The molecule has 1 amide bonds. The number of hydrogen-bond donors (Lipinski definition) is 1. The fraction of sp³-hybridized carbons (Fsp3) is 0.0357. The molecule has 2 aromatic heterocycles. The van der Waals surface area contributed by atoms with E-state index in [1.165, 1.54) is 6.08 Å². The van der Waals surface area contributed by atoms with Crippen LogP contribution in [0.3, 0.4) is 0 Å². The van der Waals surface area contributed by atoms with Crippen molar-refractivity contribution in [3.05, 3.63) is 125 Å². The number of aromatic nitrogens is 3. The second-order valence-corrected chi connectivity index (χ2v) is 8.41. The van der Waals surface area contributed by atoms with Gasteiger partial charge in [0.15, 0.2) is 0 Å². The Morgan fingerprint density at radius 1 is 0.972 bits per heavy atom. The summed E-state index contributed by atoms with van der Waals surface area (Å²) >= 11 is 5.94. The number of pyridine rings is 1. The standard InChI is InChI=1S/C28H21ClN4O3/c1-2-27(34)31-21-4-3-5-23(16-21)33-25-14-15-30-17-26(25)32(28(33)35)22-10-12-24(13-11-22)36-18-19-6-8-20(29)9-7-19/h2-17H,1,18H2,(H,31,34). The summed E-state index contributed by atoms with van der Waals surface area (Å²) in [6, 6.07) is 23.6. The molecule has 5 rings (SSSR count). The molecule has 3 aromatic carbocycles. The molecule has 5 aromatic rings. The average molecular weight is 497 g/mol.